The Morgan fingerprint density at radius 2 is 2.11 bits per heavy atom. The average Bonchev–Trinajstić information content (AvgIpc) is 2.82. The van der Waals surface area contributed by atoms with E-state index in [-0.39, 0.29) is 0 Å². The fourth-order valence-corrected chi connectivity index (χ4v) is 1.77. The van der Waals surface area contributed by atoms with Crippen LogP contribution in [0.2, 0.25) is 0 Å². The summed E-state index contributed by atoms with van der Waals surface area (Å²) >= 11 is 0. The zero-order valence-electron chi connectivity index (χ0n) is 12.0. The van der Waals surface area contributed by atoms with Crippen LogP contribution < -0.4 is 5.32 Å². The zero-order chi connectivity index (χ0) is 13.8. The molecule has 2 heterocycles. The van der Waals surface area contributed by atoms with Gasteiger partial charge in [-0.1, -0.05) is 20.8 Å². The maximum absolute atomic E-state index is 4.62. The molecule has 1 N–H and O–H groups in total. The lowest BCUT2D eigenvalue weighted by atomic mass is 10.1. The van der Waals surface area contributed by atoms with E-state index in [4.69, 9.17) is 0 Å². The van der Waals surface area contributed by atoms with Gasteiger partial charge in [-0.15, -0.1) is 0 Å². The van der Waals surface area contributed by atoms with E-state index in [9.17, 15) is 0 Å². The first-order valence-electron chi connectivity index (χ1n) is 6.72. The maximum Gasteiger partial charge on any atom is 0.164 e. The van der Waals surface area contributed by atoms with Crippen LogP contribution in [0, 0.1) is 0 Å². The first-order valence-corrected chi connectivity index (χ1v) is 6.72. The quantitative estimate of drug-likeness (QED) is 0.897. The summed E-state index contributed by atoms with van der Waals surface area (Å²) in [4.78, 5) is 9.18. The highest BCUT2D eigenvalue weighted by molar-refractivity contribution is 5.55. The summed E-state index contributed by atoms with van der Waals surface area (Å²) in [7, 11) is 1.89. The molecule has 0 radical (unpaired) electrons. The molecule has 0 saturated heterocycles. The Morgan fingerprint density at radius 3 is 2.68 bits per heavy atom. The number of anilines is 1. The third kappa shape index (κ3) is 3.30. The van der Waals surface area contributed by atoms with Crippen LogP contribution in [0.1, 0.15) is 38.8 Å². The molecule has 0 saturated carbocycles. The lowest BCUT2D eigenvalue weighted by Gasteiger charge is -2.10. The summed E-state index contributed by atoms with van der Waals surface area (Å²) in [5, 5.41) is 7.50. The minimum atomic E-state index is 0.376. The van der Waals surface area contributed by atoms with Gasteiger partial charge in [0.15, 0.2) is 5.82 Å². The van der Waals surface area contributed by atoms with Gasteiger partial charge in [-0.05, 0) is 12.3 Å². The Morgan fingerprint density at radius 1 is 1.32 bits per heavy atom. The molecule has 2 aromatic rings. The Hall–Kier alpha value is -1.91. The molecule has 0 spiro atoms. The molecule has 0 bridgehead atoms. The fourth-order valence-electron chi connectivity index (χ4n) is 1.77. The molecule has 0 unspecified atom stereocenters. The standard InChI is InChI=1S/C14H21N5/c1-5-6-15-13-7-12(10(2)3)17-14(18-13)11-8-16-19(4)9-11/h7-10H,5-6H2,1-4H3,(H,15,17,18). The van der Waals surface area contributed by atoms with Crippen molar-refractivity contribution in [2.75, 3.05) is 11.9 Å². The smallest absolute Gasteiger partial charge is 0.164 e. The lowest BCUT2D eigenvalue weighted by molar-refractivity contribution is 0.767. The number of rotatable bonds is 5. The van der Waals surface area contributed by atoms with Gasteiger partial charge >= 0.3 is 0 Å². The van der Waals surface area contributed by atoms with Crippen molar-refractivity contribution in [3.8, 4) is 11.4 Å². The highest BCUT2D eigenvalue weighted by atomic mass is 15.2. The normalized spacial score (nSPS) is 11.0. The highest BCUT2D eigenvalue weighted by Gasteiger charge is 2.10. The monoisotopic (exact) mass is 259 g/mol. The Kier molecular flexibility index (Phi) is 4.14. The van der Waals surface area contributed by atoms with Gasteiger partial charge in [0.1, 0.15) is 5.82 Å². The van der Waals surface area contributed by atoms with E-state index in [0.717, 1.165) is 35.9 Å². The van der Waals surface area contributed by atoms with E-state index < -0.39 is 0 Å². The largest absolute Gasteiger partial charge is 0.370 e. The van der Waals surface area contributed by atoms with Gasteiger partial charge in [-0.2, -0.15) is 5.10 Å². The van der Waals surface area contributed by atoms with Gasteiger partial charge in [-0.25, -0.2) is 9.97 Å². The highest BCUT2D eigenvalue weighted by Crippen LogP contribution is 2.21. The van der Waals surface area contributed by atoms with Crippen LogP contribution in [-0.2, 0) is 7.05 Å². The second-order valence-corrected chi connectivity index (χ2v) is 4.99. The molecular formula is C14H21N5. The maximum atomic E-state index is 4.62. The summed E-state index contributed by atoms with van der Waals surface area (Å²) < 4.78 is 1.76. The lowest BCUT2D eigenvalue weighted by Crippen LogP contribution is -2.06. The molecule has 0 atom stereocenters. The first-order chi connectivity index (χ1) is 9.10. The predicted molar refractivity (Wildman–Crippen MR) is 77.1 cm³/mol. The summed E-state index contributed by atoms with van der Waals surface area (Å²) in [6, 6.07) is 2.03. The summed E-state index contributed by atoms with van der Waals surface area (Å²) in [5.74, 6) is 2.00. The third-order valence-electron chi connectivity index (χ3n) is 2.86. The number of nitrogens with zero attached hydrogens (tertiary/aromatic N) is 4. The fraction of sp³-hybridized carbons (Fsp3) is 0.500. The number of hydrogen-bond donors (Lipinski definition) is 1. The molecular weight excluding hydrogens is 238 g/mol. The topological polar surface area (TPSA) is 55.6 Å². The van der Waals surface area contributed by atoms with Gasteiger partial charge in [-0.3, -0.25) is 4.68 Å². The van der Waals surface area contributed by atoms with Crippen LogP contribution in [0.15, 0.2) is 18.5 Å². The van der Waals surface area contributed by atoms with Crippen LogP contribution in [-0.4, -0.2) is 26.3 Å². The van der Waals surface area contributed by atoms with Crippen LogP contribution in [0.3, 0.4) is 0 Å². The van der Waals surface area contributed by atoms with Crippen LogP contribution in [0.25, 0.3) is 11.4 Å². The van der Waals surface area contributed by atoms with Crippen LogP contribution in [0.4, 0.5) is 5.82 Å². The second-order valence-electron chi connectivity index (χ2n) is 4.99. The third-order valence-corrected chi connectivity index (χ3v) is 2.86. The van der Waals surface area contributed by atoms with Crippen molar-refractivity contribution < 1.29 is 0 Å². The van der Waals surface area contributed by atoms with Gasteiger partial charge in [0, 0.05) is 31.5 Å². The molecule has 5 heteroatoms. The number of aryl methyl sites for hydroxylation is 1. The SMILES string of the molecule is CCCNc1cc(C(C)C)nc(-c2cnn(C)c2)n1. The van der Waals surface area contributed by atoms with E-state index in [0.29, 0.717) is 5.92 Å². The molecule has 0 aromatic carbocycles. The van der Waals surface area contributed by atoms with Gasteiger partial charge in [0.2, 0.25) is 0 Å². The molecule has 0 amide bonds. The molecule has 102 valence electrons. The van der Waals surface area contributed by atoms with E-state index in [2.05, 4.69) is 41.2 Å². The van der Waals surface area contributed by atoms with Crippen molar-refractivity contribution in [1.82, 2.24) is 19.7 Å². The van der Waals surface area contributed by atoms with Crippen molar-refractivity contribution in [3.63, 3.8) is 0 Å². The molecule has 0 aliphatic heterocycles. The molecule has 19 heavy (non-hydrogen) atoms. The Labute approximate surface area is 114 Å². The van der Waals surface area contributed by atoms with Gasteiger partial charge in [0.25, 0.3) is 0 Å². The first kappa shape index (κ1) is 13.5. The molecule has 0 fully saturated rings. The number of nitrogens with one attached hydrogen (secondary N) is 1. The van der Waals surface area contributed by atoms with E-state index in [1.54, 1.807) is 10.9 Å². The van der Waals surface area contributed by atoms with E-state index in [1.165, 1.54) is 0 Å². The van der Waals surface area contributed by atoms with Crippen molar-refractivity contribution in [1.29, 1.82) is 0 Å². The Bertz CT molecular complexity index is 545. The average molecular weight is 259 g/mol. The Balaban J connectivity index is 2.39. The van der Waals surface area contributed by atoms with Crippen molar-refractivity contribution in [2.24, 2.45) is 7.05 Å². The molecule has 0 aliphatic rings. The molecule has 0 aliphatic carbocycles. The molecule has 2 aromatic heterocycles. The van der Waals surface area contributed by atoms with Gasteiger partial charge < -0.3 is 5.32 Å². The minimum absolute atomic E-state index is 0.376. The summed E-state index contributed by atoms with van der Waals surface area (Å²) in [5.41, 5.74) is 2.00. The van der Waals surface area contributed by atoms with Crippen LogP contribution in [0.5, 0.6) is 0 Å². The predicted octanol–water partition coefficient (Wildman–Crippen LogP) is 2.82. The summed E-state index contributed by atoms with van der Waals surface area (Å²) in [6.07, 6.45) is 4.80. The van der Waals surface area contributed by atoms with Crippen molar-refractivity contribution in [2.45, 2.75) is 33.1 Å². The number of hydrogen-bond acceptors (Lipinski definition) is 4. The zero-order valence-corrected chi connectivity index (χ0v) is 12.0. The second kappa shape index (κ2) is 5.82. The number of aromatic nitrogens is 4. The van der Waals surface area contributed by atoms with Gasteiger partial charge in [0.05, 0.1) is 11.8 Å². The summed E-state index contributed by atoms with van der Waals surface area (Å²) in [6.45, 7) is 7.33. The van der Waals surface area contributed by atoms with Crippen molar-refractivity contribution >= 4 is 5.82 Å². The molecule has 2 rings (SSSR count). The van der Waals surface area contributed by atoms with E-state index >= 15 is 0 Å². The minimum Gasteiger partial charge on any atom is -0.370 e. The van der Waals surface area contributed by atoms with E-state index in [1.807, 2.05) is 19.3 Å². The van der Waals surface area contributed by atoms with Crippen molar-refractivity contribution in [3.05, 3.63) is 24.2 Å². The molecule has 5 nitrogen and oxygen atoms in total. The van der Waals surface area contributed by atoms with Crippen LogP contribution >= 0.6 is 0 Å².